The maximum Gasteiger partial charge on any atom is 0.350 e. The molecule has 0 radical (unpaired) electrons. The zero-order valence-electron chi connectivity index (χ0n) is 18.6. The van der Waals surface area contributed by atoms with E-state index < -0.39 is 5.97 Å². The van der Waals surface area contributed by atoms with Crippen LogP contribution in [0.1, 0.15) is 43.8 Å². The molecule has 0 fully saturated rings. The number of amides is 1. The van der Waals surface area contributed by atoms with Crippen LogP contribution in [0.25, 0.3) is 22.3 Å². The summed E-state index contributed by atoms with van der Waals surface area (Å²) < 4.78 is 11.0. The summed E-state index contributed by atoms with van der Waals surface area (Å²) in [7, 11) is 0. The number of ether oxygens (including phenoxy) is 1. The molecule has 0 aliphatic carbocycles. The molecule has 2 heterocycles. The number of thiazole rings is 1. The van der Waals surface area contributed by atoms with Crippen LogP contribution in [0.5, 0.6) is 0 Å². The third-order valence-corrected chi connectivity index (χ3v) is 6.12. The largest absolute Gasteiger partial charge is 0.462 e. The van der Waals surface area contributed by atoms with Crippen molar-refractivity contribution in [2.75, 3.05) is 11.9 Å². The van der Waals surface area contributed by atoms with E-state index in [4.69, 9.17) is 9.15 Å². The van der Waals surface area contributed by atoms with Gasteiger partial charge in [-0.3, -0.25) is 14.9 Å². The maximum absolute atomic E-state index is 12.6. The minimum Gasteiger partial charge on any atom is -0.462 e. The Bertz CT molecular complexity index is 1430. The van der Waals surface area contributed by atoms with Crippen LogP contribution < -0.4 is 10.7 Å². The molecule has 0 atom stereocenters. The third kappa shape index (κ3) is 4.56. The Labute approximate surface area is 194 Å². The van der Waals surface area contributed by atoms with E-state index in [9.17, 15) is 14.4 Å². The molecule has 2 aromatic carbocycles. The lowest BCUT2D eigenvalue weighted by atomic mass is 10.1. The number of aromatic nitrogens is 1. The predicted molar refractivity (Wildman–Crippen MR) is 128 cm³/mol. The lowest BCUT2D eigenvalue weighted by Crippen LogP contribution is -2.11. The van der Waals surface area contributed by atoms with Crippen molar-refractivity contribution in [2.45, 2.75) is 27.7 Å². The Kier molecular flexibility index (Phi) is 6.11. The van der Waals surface area contributed by atoms with Gasteiger partial charge in [0.05, 0.1) is 17.7 Å². The van der Waals surface area contributed by atoms with Crippen molar-refractivity contribution in [2.24, 2.45) is 0 Å². The molecular formula is C25H22N2O5S. The summed E-state index contributed by atoms with van der Waals surface area (Å²) in [5.74, 6) is -0.391. The van der Waals surface area contributed by atoms with Gasteiger partial charge in [0.2, 0.25) is 0 Å². The van der Waals surface area contributed by atoms with Gasteiger partial charge in [-0.25, -0.2) is 9.78 Å². The molecule has 0 aliphatic rings. The van der Waals surface area contributed by atoms with Gasteiger partial charge >= 0.3 is 5.97 Å². The number of hydrogen-bond donors (Lipinski definition) is 1. The van der Waals surface area contributed by atoms with Crippen LogP contribution in [0.4, 0.5) is 5.13 Å². The maximum atomic E-state index is 12.6. The van der Waals surface area contributed by atoms with E-state index in [1.807, 2.05) is 26.0 Å². The predicted octanol–water partition coefficient (Wildman–Crippen LogP) is 5.27. The number of rotatable bonds is 5. The fraction of sp³-hybridized carbons (Fsp3) is 0.200. The molecule has 0 saturated heterocycles. The molecule has 33 heavy (non-hydrogen) atoms. The van der Waals surface area contributed by atoms with Crippen LogP contribution in [0.2, 0.25) is 0 Å². The third-order valence-electron chi connectivity index (χ3n) is 5.07. The molecule has 8 heteroatoms. The highest BCUT2D eigenvalue weighted by Crippen LogP contribution is 2.27. The summed E-state index contributed by atoms with van der Waals surface area (Å²) >= 11 is 1.07. The molecule has 1 N–H and O–H groups in total. The molecule has 4 aromatic rings. The summed E-state index contributed by atoms with van der Waals surface area (Å²) in [5.41, 5.74) is 3.92. The van der Waals surface area contributed by atoms with E-state index in [0.29, 0.717) is 43.6 Å². The molecule has 0 aliphatic heterocycles. The highest BCUT2D eigenvalue weighted by molar-refractivity contribution is 7.17. The summed E-state index contributed by atoms with van der Waals surface area (Å²) in [6.07, 6.45) is 0. The topological polar surface area (TPSA) is 98.5 Å². The number of anilines is 1. The number of esters is 1. The second-order valence-corrected chi connectivity index (χ2v) is 8.62. The minimum atomic E-state index is -0.459. The van der Waals surface area contributed by atoms with E-state index in [1.165, 1.54) is 6.07 Å². The Balaban J connectivity index is 1.56. The first kappa shape index (κ1) is 22.4. The fourth-order valence-corrected chi connectivity index (χ4v) is 4.40. The van der Waals surface area contributed by atoms with Crippen molar-refractivity contribution in [3.8, 4) is 11.3 Å². The lowest BCUT2D eigenvalue weighted by Gasteiger charge is -2.07. The van der Waals surface area contributed by atoms with Crippen LogP contribution in [0.15, 0.2) is 51.7 Å². The monoisotopic (exact) mass is 462 g/mol. The summed E-state index contributed by atoms with van der Waals surface area (Å²) in [6, 6.07) is 12.0. The second kappa shape index (κ2) is 8.99. The van der Waals surface area contributed by atoms with Crippen molar-refractivity contribution in [1.82, 2.24) is 4.98 Å². The SMILES string of the molecule is CCOC(=O)c1sc(NC(=O)c2ccc(-c3cc(=O)c4cc(C)cc(C)c4o3)cc2)nc1C. The Morgan fingerprint density at radius 2 is 1.82 bits per heavy atom. The van der Waals surface area contributed by atoms with Gasteiger partial charge in [0.25, 0.3) is 5.91 Å². The van der Waals surface area contributed by atoms with Crippen molar-refractivity contribution < 1.29 is 18.7 Å². The zero-order valence-corrected chi connectivity index (χ0v) is 19.5. The van der Waals surface area contributed by atoms with Gasteiger partial charge in [0.15, 0.2) is 10.6 Å². The van der Waals surface area contributed by atoms with E-state index in [2.05, 4.69) is 10.3 Å². The van der Waals surface area contributed by atoms with Crippen LogP contribution in [0, 0.1) is 20.8 Å². The molecule has 0 bridgehead atoms. The average Bonchev–Trinajstić information content (AvgIpc) is 3.14. The molecule has 0 spiro atoms. The number of nitrogens with one attached hydrogen (secondary N) is 1. The number of benzene rings is 2. The number of carbonyl (C=O) groups is 2. The molecular weight excluding hydrogens is 440 g/mol. The first-order valence-corrected chi connectivity index (χ1v) is 11.2. The van der Waals surface area contributed by atoms with Crippen LogP contribution >= 0.6 is 11.3 Å². The molecule has 7 nitrogen and oxygen atoms in total. The summed E-state index contributed by atoms with van der Waals surface area (Å²) in [5, 5.41) is 3.57. The Hall–Kier alpha value is -3.78. The molecule has 0 unspecified atom stereocenters. The van der Waals surface area contributed by atoms with Crippen molar-refractivity contribution >= 4 is 39.3 Å². The normalized spacial score (nSPS) is 10.9. The number of hydrogen-bond acceptors (Lipinski definition) is 7. The van der Waals surface area contributed by atoms with Gasteiger partial charge in [-0.1, -0.05) is 29.5 Å². The molecule has 2 aromatic heterocycles. The lowest BCUT2D eigenvalue weighted by molar-refractivity contribution is 0.0531. The highest BCUT2D eigenvalue weighted by Gasteiger charge is 2.18. The minimum absolute atomic E-state index is 0.114. The number of carbonyl (C=O) groups excluding carboxylic acids is 2. The molecule has 168 valence electrons. The summed E-state index contributed by atoms with van der Waals surface area (Å²) in [4.78, 5) is 41.8. The second-order valence-electron chi connectivity index (χ2n) is 7.62. The number of nitrogens with zero attached hydrogens (tertiary/aromatic N) is 1. The van der Waals surface area contributed by atoms with Crippen LogP contribution in [-0.4, -0.2) is 23.5 Å². The van der Waals surface area contributed by atoms with E-state index in [0.717, 1.165) is 22.5 Å². The van der Waals surface area contributed by atoms with Crippen LogP contribution in [-0.2, 0) is 4.74 Å². The van der Waals surface area contributed by atoms with Gasteiger partial charge in [0.1, 0.15) is 16.2 Å². The standard InChI is InChI=1S/C25H22N2O5S/c1-5-31-24(30)22-15(4)26-25(33-22)27-23(29)17-8-6-16(7-9-17)20-12-19(28)18-11-13(2)10-14(3)21(18)32-20/h6-12H,5H2,1-4H3,(H,26,27,29). The Morgan fingerprint density at radius 3 is 2.52 bits per heavy atom. The van der Waals surface area contributed by atoms with E-state index >= 15 is 0 Å². The van der Waals surface area contributed by atoms with Gasteiger partial charge in [-0.05, 0) is 57.0 Å². The van der Waals surface area contributed by atoms with E-state index in [-0.39, 0.29) is 17.9 Å². The Morgan fingerprint density at radius 1 is 1.09 bits per heavy atom. The quantitative estimate of drug-likeness (QED) is 0.406. The number of fused-ring (bicyclic) bond motifs is 1. The van der Waals surface area contributed by atoms with Gasteiger partial charge < -0.3 is 9.15 Å². The smallest absolute Gasteiger partial charge is 0.350 e. The molecule has 1 amide bonds. The fourth-order valence-electron chi connectivity index (χ4n) is 3.54. The van der Waals surface area contributed by atoms with Crippen molar-refractivity contribution in [3.63, 3.8) is 0 Å². The van der Waals surface area contributed by atoms with Crippen molar-refractivity contribution in [1.29, 1.82) is 0 Å². The first-order chi connectivity index (χ1) is 15.8. The molecule has 4 rings (SSSR count). The first-order valence-electron chi connectivity index (χ1n) is 10.4. The van der Waals surface area contributed by atoms with Gasteiger partial charge in [-0.15, -0.1) is 0 Å². The summed E-state index contributed by atoms with van der Waals surface area (Å²) in [6.45, 7) is 7.53. The van der Waals surface area contributed by atoms with Crippen LogP contribution in [0.3, 0.4) is 0 Å². The zero-order chi connectivity index (χ0) is 23.7. The van der Waals surface area contributed by atoms with E-state index in [1.54, 1.807) is 38.1 Å². The highest BCUT2D eigenvalue weighted by atomic mass is 32.1. The van der Waals surface area contributed by atoms with Crippen molar-refractivity contribution in [3.05, 3.63) is 79.9 Å². The average molecular weight is 463 g/mol. The number of aryl methyl sites for hydroxylation is 3. The van der Waals surface area contributed by atoms with Gasteiger partial charge in [-0.2, -0.15) is 0 Å². The molecule has 0 saturated carbocycles. The van der Waals surface area contributed by atoms with Gasteiger partial charge in [0, 0.05) is 17.2 Å².